The highest BCUT2D eigenvalue weighted by atomic mass is 19.1. The van der Waals surface area contributed by atoms with Gasteiger partial charge in [-0.1, -0.05) is 31.2 Å². The van der Waals surface area contributed by atoms with Gasteiger partial charge in [0.25, 0.3) is 5.91 Å². The van der Waals surface area contributed by atoms with Gasteiger partial charge in [0.1, 0.15) is 16.8 Å². The van der Waals surface area contributed by atoms with Crippen molar-refractivity contribution in [3.8, 4) is 0 Å². The van der Waals surface area contributed by atoms with Crippen LogP contribution in [0.3, 0.4) is 0 Å². The van der Waals surface area contributed by atoms with Gasteiger partial charge in [-0.3, -0.25) is 14.4 Å². The normalized spacial score (nSPS) is 16.0. The summed E-state index contributed by atoms with van der Waals surface area (Å²) < 4.78 is 34.0. The number of ether oxygens (including phenoxy) is 2. The number of aromatic nitrogens is 1. The molecule has 4 aromatic carbocycles. The molecule has 8 rings (SSSR count). The highest BCUT2D eigenvalue weighted by molar-refractivity contribution is 6.15. The van der Waals surface area contributed by atoms with Crippen molar-refractivity contribution in [2.45, 2.75) is 13.3 Å². The first kappa shape index (κ1) is 30.1. The van der Waals surface area contributed by atoms with Gasteiger partial charge in [0.05, 0.1) is 37.3 Å². The smallest absolute Gasteiger partial charge is 0.259 e. The maximum absolute atomic E-state index is 15.5. The van der Waals surface area contributed by atoms with E-state index in [9.17, 15) is 14.4 Å². The van der Waals surface area contributed by atoms with E-state index in [2.05, 4.69) is 17.3 Å². The largest absolute Gasteiger partial charge is 0.451 e. The molecule has 1 amide bonds. The second-order valence-corrected chi connectivity index (χ2v) is 11.8. The summed E-state index contributed by atoms with van der Waals surface area (Å²) in [6.07, 6.45) is 2.26. The van der Waals surface area contributed by atoms with Crippen LogP contribution in [0.1, 0.15) is 23.7 Å². The van der Waals surface area contributed by atoms with Crippen molar-refractivity contribution in [1.29, 1.82) is 0 Å². The Labute approximate surface area is 263 Å². The summed E-state index contributed by atoms with van der Waals surface area (Å²) in [6.45, 7) is 7.96. The van der Waals surface area contributed by atoms with Crippen molar-refractivity contribution in [3.63, 3.8) is 0 Å². The van der Waals surface area contributed by atoms with Gasteiger partial charge in [0.2, 0.25) is 5.43 Å². The molecule has 2 aliphatic heterocycles. The number of likely N-dealkylation sites (N-methyl/N-ethyl adjacent to an activating group) is 1. The van der Waals surface area contributed by atoms with Crippen molar-refractivity contribution in [3.05, 3.63) is 80.5 Å². The zero-order chi connectivity index (χ0) is 31.9. The number of carbonyl (C=O) groups excluding carboxylic acids is 1. The highest BCUT2D eigenvalue weighted by Crippen LogP contribution is 2.36. The first-order chi connectivity index (χ1) is 22.4. The van der Waals surface area contributed by atoms with Crippen molar-refractivity contribution in [1.82, 2.24) is 14.2 Å². The monoisotopic (exact) mass is 626 g/mol. The van der Waals surface area contributed by atoms with Gasteiger partial charge in [-0.2, -0.15) is 0 Å². The van der Waals surface area contributed by atoms with Crippen LogP contribution in [-0.2, 0) is 9.47 Å². The zero-order valence-electron chi connectivity index (χ0n) is 25.9. The van der Waals surface area contributed by atoms with Crippen LogP contribution in [-0.4, -0.2) is 86.3 Å². The maximum atomic E-state index is 15.5. The molecule has 10 nitrogen and oxygen atoms in total. The molecule has 2 aliphatic rings. The lowest BCUT2D eigenvalue weighted by molar-refractivity contribution is 0.0302. The molecule has 6 aromatic rings. The molecule has 0 spiro atoms. The van der Waals surface area contributed by atoms with Gasteiger partial charge in [0.15, 0.2) is 22.4 Å². The van der Waals surface area contributed by atoms with E-state index in [0.29, 0.717) is 60.2 Å². The Morgan fingerprint density at radius 1 is 0.870 bits per heavy atom. The lowest BCUT2D eigenvalue weighted by atomic mass is 10.1. The lowest BCUT2D eigenvalue weighted by Crippen LogP contribution is -2.42. The number of hydrogen-bond donors (Lipinski definition) is 1. The van der Waals surface area contributed by atoms with Crippen molar-refractivity contribution >= 4 is 60.7 Å². The number of amides is 1. The molecule has 0 aliphatic carbocycles. The summed E-state index contributed by atoms with van der Waals surface area (Å²) in [5, 5.41) is 5.75. The van der Waals surface area contributed by atoms with Crippen molar-refractivity contribution in [2.24, 2.45) is 0 Å². The second-order valence-electron chi connectivity index (χ2n) is 11.8. The average Bonchev–Trinajstić information content (AvgIpc) is 3.36. The highest BCUT2D eigenvalue weighted by Gasteiger charge is 2.26. The van der Waals surface area contributed by atoms with E-state index in [1.54, 1.807) is 21.4 Å². The Hall–Kier alpha value is -4.58. The number of halogens is 1. The Balaban J connectivity index is 0.000000430. The quantitative estimate of drug-likeness (QED) is 0.222. The molecule has 11 heteroatoms. The van der Waals surface area contributed by atoms with Gasteiger partial charge in [0, 0.05) is 49.7 Å². The topological polar surface area (TPSA) is 106 Å². The number of morpholine rings is 2. The van der Waals surface area contributed by atoms with Crippen LogP contribution < -0.4 is 16.2 Å². The standard InChI is InChI=1S/C30H24FN3O5.C5H11NO/c1-2-7-32-25-22(31)12-20-26-29(25)39-24-14-19-18(16-5-3-4-6-17(16)27(19)35)13-23(24)34(26)15-21(28(20)36)30(37)33-8-10-38-11-9-33;1-6-2-4-7-5-3-6/h3-6,12-15,32H,2,7-11H2,1H3;2-5H2,1H3. The number of nitrogens with one attached hydrogen (secondary N) is 1. The van der Waals surface area contributed by atoms with Crippen LogP contribution in [0, 0.1) is 5.82 Å². The Morgan fingerprint density at radius 2 is 1.57 bits per heavy atom. The number of benzene rings is 3. The Kier molecular flexibility index (Phi) is 8.06. The molecule has 2 saturated heterocycles. The number of anilines is 1. The van der Waals surface area contributed by atoms with E-state index in [0.717, 1.165) is 43.5 Å². The third kappa shape index (κ3) is 5.14. The molecule has 0 unspecified atom stereocenters. The van der Waals surface area contributed by atoms with Crippen LogP contribution in [0.2, 0.25) is 0 Å². The number of pyridine rings is 1. The van der Waals surface area contributed by atoms with Crippen LogP contribution in [0.5, 0.6) is 0 Å². The summed E-state index contributed by atoms with van der Waals surface area (Å²) >= 11 is 0. The molecule has 2 aromatic heterocycles. The molecular weight excluding hydrogens is 591 g/mol. The van der Waals surface area contributed by atoms with Crippen LogP contribution in [0.15, 0.2) is 62.7 Å². The molecular formula is C35H35FN4O6. The zero-order valence-corrected chi connectivity index (χ0v) is 25.9. The number of hydrogen-bond acceptors (Lipinski definition) is 8. The fourth-order valence-electron chi connectivity index (χ4n) is 6.29. The van der Waals surface area contributed by atoms with Gasteiger partial charge in [-0.25, -0.2) is 4.39 Å². The van der Waals surface area contributed by atoms with Crippen molar-refractivity contribution in [2.75, 3.05) is 71.5 Å². The number of rotatable bonds is 4. The van der Waals surface area contributed by atoms with E-state index in [1.165, 1.54) is 12.3 Å². The van der Waals surface area contributed by atoms with Crippen LogP contribution in [0.4, 0.5) is 10.1 Å². The molecule has 1 N–H and O–H groups in total. The number of nitrogens with zero attached hydrogens (tertiary/aromatic N) is 3. The van der Waals surface area contributed by atoms with E-state index in [1.807, 2.05) is 31.2 Å². The summed E-state index contributed by atoms with van der Waals surface area (Å²) in [5.41, 5.74) is 0.796. The first-order valence-corrected chi connectivity index (χ1v) is 15.7. The second kappa shape index (κ2) is 12.3. The van der Waals surface area contributed by atoms with Gasteiger partial charge in [-0.05, 0) is 42.4 Å². The number of fused-ring (bicyclic) bond motifs is 5. The third-order valence-electron chi connectivity index (χ3n) is 8.79. The van der Waals surface area contributed by atoms with E-state index >= 15 is 4.39 Å². The minimum atomic E-state index is -0.654. The molecule has 238 valence electrons. The van der Waals surface area contributed by atoms with Crippen molar-refractivity contribution < 1.29 is 23.1 Å². The van der Waals surface area contributed by atoms with E-state index in [4.69, 9.17) is 13.9 Å². The molecule has 2 fully saturated rings. The molecule has 4 heterocycles. The molecule has 0 bridgehead atoms. The fraction of sp³-hybridized carbons (Fsp3) is 0.343. The van der Waals surface area contributed by atoms with E-state index in [-0.39, 0.29) is 27.6 Å². The predicted octanol–water partition coefficient (Wildman–Crippen LogP) is 4.69. The first-order valence-electron chi connectivity index (χ1n) is 15.7. The Bertz CT molecular complexity index is 2220. The van der Waals surface area contributed by atoms with E-state index < -0.39 is 17.2 Å². The summed E-state index contributed by atoms with van der Waals surface area (Å²) in [4.78, 5) is 44.2. The molecule has 0 atom stereocenters. The van der Waals surface area contributed by atoms with Gasteiger partial charge >= 0.3 is 0 Å². The SMILES string of the molecule is CCCNc1c(F)cc2c(=O)c(C(=O)N3CCOCC3)cn3c4cc5c(cc4oc1c23)c(=O)c1ccccc15.CN1CCOCC1. The lowest BCUT2D eigenvalue weighted by Gasteiger charge is -2.27. The fourth-order valence-corrected chi connectivity index (χ4v) is 6.29. The number of carbonyl (C=O) groups is 1. The van der Waals surface area contributed by atoms with Gasteiger partial charge in [-0.15, -0.1) is 0 Å². The summed E-state index contributed by atoms with van der Waals surface area (Å²) in [5.74, 6) is -1.09. The predicted molar refractivity (Wildman–Crippen MR) is 177 cm³/mol. The minimum absolute atomic E-state index is 0.0475. The molecule has 0 saturated carbocycles. The van der Waals surface area contributed by atoms with Crippen LogP contribution in [0.25, 0.3) is 49.1 Å². The Morgan fingerprint density at radius 3 is 2.24 bits per heavy atom. The average molecular weight is 627 g/mol. The third-order valence-corrected chi connectivity index (χ3v) is 8.79. The van der Waals surface area contributed by atoms with Crippen LogP contribution >= 0.6 is 0 Å². The molecule has 46 heavy (non-hydrogen) atoms. The summed E-state index contributed by atoms with van der Waals surface area (Å²) in [6, 6.07) is 12.0. The minimum Gasteiger partial charge on any atom is -0.451 e. The summed E-state index contributed by atoms with van der Waals surface area (Å²) in [7, 11) is 2.11. The molecule has 0 radical (unpaired) electrons. The van der Waals surface area contributed by atoms with Gasteiger partial charge < -0.3 is 33.4 Å². The maximum Gasteiger partial charge on any atom is 0.259 e.